The number of nitrogens with one attached hydrogen (secondary N) is 1. The fourth-order valence-corrected chi connectivity index (χ4v) is 3.60. The molecule has 1 aromatic heterocycles. The minimum Gasteiger partial charge on any atom is -0.432 e. The summed E-state index contributed by atoms with van der Waals surface area (Å²) in [6.45, 7) is 10.2. The second-order valence-electron chi connectivity index (χ2n) is 7.51. The highest BCUT2D eigenvalue weighted by atomic mass is 16.7. The predicted octanol–water partition coefficient (Wildman–Crippen LogP) is 4.40. The van der Waals surface area contributed by atoms with Crippen LogP contribution in [0.4, 0.5) is 4.79 Å². The summed E-state index contributed by atoms with van der Waals surface area (Å²) in [6, 6.07) is 6.19. The molecule has 0 amide bonds. The summed E-state index contributed by atoms with van der Waals surface area (Å²) in [6.07, 6.45) is -0.135. The average Bonchev–Trinajstić information content (AvgIpc) is 3.20. The molecule has 8 heteroatoms. The molecule has 1 aromatic carbocycles. The van der Waals surface area contributed by atoms with Gasteiger partial charge in [0, 0.05) is 19.2 Å². The lowest BCUT2D eigenvalue weighted by molar-refractivity contribution is 0.0503. The Kier molecular flexibility index (Phi) is 7.12. The summed E-state index contributed by atoms with van der Waals surface area (Å²) in [5, 5.41) is 7.34. The fourth-order valence-electron chi connectivity index (χ4n) is 3.60. The normalized spacial score (nSPS) is 16.4. The van der Waals surface area contributed by atoms with Gasteiger partial charge in [-0.25, -0.2) is 4.79 Å². The van der Waals surface area contributed by atoms with Crippen molar-refractivity contribution in [2.75, 3.05) is 20.3 Å². The third-order valence-corrected chi connectivity index (χ3v) is 5.16. The number of carbonyl (C=O) groups excluding carboxylic acids is 1. The number of aromatic nitrogens is 2. The van der Waals surface area contributed by atoms with E-state index in [1.54, 1.807) is 0 Å². The number of methoxy groups -OCH3 is 1. The molecule has 0 spiro atoms. The third-order valence-electron chi connectivity index (χ3n) is 5.16. The lowest BCUT2D eigenvalue weighted by Crippen LogP contribution is -2.27. The van der Waals surface area contributed by atoms with Crippen LogP contribution in [0.15, 0.2) is 39.9 Å². The molecule has 31 heavy (non-hydrogen) atoms. The molecule has 1 atom stereocenters. The molecular formula is C23H29N3O5. The van der Waals surface area contributed by atoms with Gasteiger partial charge in [-0.15, -0.1) is 0 Å². The summed E-state index contributed by atoms with van der Waals surface area (Å²) in [7, 11) is 1.54. The molecule has 0 bridgehead atoms. The van der Waals surface area contributed by atoms with Crippen LogP contribution in [-0.4, -0.2) is 36.6 Å². The smallest absolute Gasteiger partial charge is 0.432 e. The van der Waals surface area contributed by atoms with Crippen LogP contribution in [0.1, 0.15) is 55.1 Å². The summed E-state index contributed by atoms with van der Waals surface area (Å²) in [4.78, 5) is 16.9. The molecule has 1 aliphatic heterocycles. The number of aryl methyl sites for hydroxylation is 3. The second-order valence-corrected chi connectivity index (χ2v) is 7.51. The lowest BCUT2D eigenvalue weighted by Gasteiger charge is -2.31. The first kappa shape index (κ1) is 22.6. The van der Waals surface area contributed by atoms with Gasteiger partial charge in [-0.05, 0) is 38.8 Å². The fraction of sp³-hybridized carbons (Fsp3) is 0.435. The molecule has 0 saturated carbocycles. The van der Waals surface area contributed by atoms with Crippen LogP contribution in [0, 0.1) is 13.8 Å². The molecule has 1 N–H and O–H groups in total. The van der Waals surface area contributed by atoms with Crippen molar-refractivity contribution in [2.45, 2.75) is 47.0 Å². The van der Waals surface area contributed by atoms with E-state index in [2.05, 4.69) is 27.6 Å². The zero-order valence-electron chi connectivity index (χ0n) is 18.9. The van der Waals surface area contributed by atoms with Crippen molar-refractivity contribution in [3.8, 4) is 0 Å². The maximum Gasteiger partial charge on any atom is 0.513 e. The Bertz CT molecular complexity index is 1020. The van der Waals surface area contributed by atoms with Gasteiger partial charge in [0.05, 0.1) is 23.8 Å². The van der Waals surface area contributed by atoms with Crippen LogP contribution >= 0.6 is 0 Å². The highest BCUT2D eigenvalue weighted by Gasteiger charge is 2.36. The van der Waals surface area contributed by atoms with Gasteiger partial charge in [-0.1, -0.05) is 35.8 Å². The minimum atomic E-state index is -0.790. The SMILES string of the molecule is CCc1noc(C2=C(C)NC(C)=C(OC(=O)OCCOC)C2c2cc(C)ccc2C)n1. The van der Waals surface area contributed by atoms with Gasteiger partial charge in [0.2, 0.25) is 0 Å². The van der Waals surface area contributed by atoms with E-state index in [0.717, 1.165) is 28.0 Å². The number of carbonyl (C=O) groups is 1. The molecule has 1 aliphatic rings. The minimum absolute atomic E-state index is 0.106. The van der Waals surface area contributed by atoms with E-state index in [-0.39, 0.29) is 13.2 Å². The lowest BCUT2D eigenvalue weighted by atomic mass is 9.82. The Morgan fingerprint density at radius 3 is 2.61 bits per heavy atom. The number of hydrogen-bond acceptors (Lipinski definition) is 8. The van der Waals surface area contributed by atoms with E-state index in [0.29, 0.717) is 29.6 Å². The number of rotatable bonds is 7. The first-order valence-electron chi connectivity index (χ1n) is 10.3. The average molecular weight is 428 g/mol. The Morgan fingerprint density at radius 2 is 1.94 bits per heavy atom. The van der Waals surface area contributed by atoms with Gasteiger partial charge in [0.15, 0.2) is 5.82 Å². The Hall–Kier alpha value is -3.13. The molecule has 0 aliphatic carbocycles. The Morgan fingerprint density at radius 1 is 1.16 bits per heavy atom. The van der Waals surface area contributed by atoms with Crippen molar-refractivity contribution in [3.05, 3.63) is 63.8 Å². The molecule has 166 valence electrons. The molecule has 8 nitrogen and oxygen atoms in total. The van der Waals surface area contributed by atoms with E-state index in [4.69, 9.17) is 18.7 Å². The maximum absolute atomic E-state index is 12.4. The maximum atomic E-state index is 12.4. The van der Waals surface area contributed by atoms with Crippen molar-refractivity contribution in [2.24, 2.45) is 0 Å². The van der Waals surface area contributed by atoms with Gasteiger partial charge in [0.1, 0.15) is 12.4 Å². The monoisotopic (exact) mass is 427 g/mol. The summed E-state index contributed by atoms with van der Waals surface area (Å²) in [5.41, 5.74) is 5.48. The first-order valence-corrected chi connectivity index (χ1v) is 10.3. The van der Waals surface area contributed by atoms with Crippen LogP contribution in [0.5, 0.6) is 0 Å². The number of hydrogen-bond donors (Lipinski definition) is 1. The second kappa shape index (κ2) is 9.78. The molecule has 1 unspecified atom stereocenters. The molecule has 2 heterocycles. The summed E-state index contributed by atoms with van der Waals surface area (Å²) in [5.74, 6) is 1.03. The van der Waals surface area contributed by atoms with E-state index < -0.39 is 12.1 Å². The third kappa shape index (κ3) is 4.96. The van der Waals surface area contributed by atoms with Crippen molar-refractivity contribution < 1.29 is 23.5 Å². The standard InChI is InChI=1S/C23H29N3O5/c1-7-18-25-22(31-26-18)19-15(4)24-16(5)21(30-23(27)29-11-10-28-6)20(19)17-12-13(2)8-9-14(17)3/h8-9,12,20,24H,7,10-11H2,1-6H3. The van der Waals surface area contributed by atoms with Crippen LogP contribution in [0.3, 0.4) is 0 Å². The zero-order valence-corrected chi connectivity index (χ0v) is 18.9. The van der Waals surface area contributed by atoms with E-state index in [1.165, 1.54) is 7.11 Å². The van der Waals surface area contributed by atoms with Gasteiger partial charge >= 0.3 is 6.16 Å². The number of allylic oxidation sites excluding steroid dienone is 3. The van der Waals surface area contributed by atoms with E-state index in [1.807, 2.05) is 40.7 Å². The number of ether oxygens (including phenoxy) is 3. The van der Waals surface area contributed by atoms with Crippen molar-refractivity contribution in [3.63, 3.8) is 0 Å². The van der Waals surface area contributed by atoms with E-state index in [9.17, 15) is 4.79 Å². The Labute approximate surface area is 182 Å². The van der Waals surface area contributed by atoms with Crippen LogP contribution in [0.2, 0.25) is 0 Å². The van der Waals surface area contributed by atoms with Gasteiger partial charge < -0.3 is 24.1 Å². The molecule has 2 aromatic rings. The molecule has 3 rings (SSSR count). The quantitative estimate of drug-likeness (QED) is 0.513. The van der Waals surface area contributed by atoms with E-state index >= 15 is 0 Å². The van der Waals surface area contributed by atoms with Crippen LogP contribution in [-0.2, 0) is 20.6 Å². The molecular weight excluding hydrogens is 398 g/mol. The Balaban J connectivity index is 2.08. The predicted molar refractivity (Wildman–Crippen MR) is 115 cm³/mol. The van der Waals surface area contributed by atoms with Gasteiger partial charge in [-0.3, -0.25) is 0 Å². The zero-order chi connectivity index (χ0) is 22.5. The summed E-state index contributed by atoms with van der Waals surface area (Å²) < 4.78 is 21.4. The largest absolute Gasteiger partial charge is 0.513 e. The highest BCUT2D eigenvalue weighted by molar-refractivity contribution is 5.76. The molecule has 0 saturated heterocycles. The number of nitrogens with zero attached hydrogens (tertiary/aromatic N) is 2. The van der Waals surface area contributed by atoms with Gasteiger partial charge in [0.25, 0.3) is 5.89 Å². The van der Waals surface area contributed by atoms with Crippen LogP contribution < -0.4 is 5.32 Å². The summed E-state index contributed by atoms with van der Waals surface area (Å²) >= 11 is 0. The highest BCUT2D eigenvalue weighted by Crippen LogP contribution is 2.44. The number of dihydropyridines is 1. The molecule has 0 radical (unpaired) electrons. The first-order chi connectivity index (χ1) is 14.8. The van der Waals surface area contributed by atoms with Gasteiger partial charge in [-0.2, -0.15) is 4.98 Å². The van der Waals surface area contributed by atoms with Crippen molar-refractivity contribution in [1.29, 1.82) is 0 Å². The van der Waals surface area contributed by atoms with Crippen molar-refractivity contribution >= 4 is 11.7 Å². The number of benzene rings is 1. The topological polar surface area (TPSA) is 95.7 Å². The molecule has 0 fully saturated rings. The van der Waals surface area contributed by atoms with Crippen LogP contribution in [0.25, 0.3) is 5.57 Å². The van der Waals surface area contributed by atoms with Crippen molar-refractivity contribution in [1.82, 2.24) is 15.5 Å².